The lowest BCUT2D eigenvalue weighted by molar-refractivity contribution is 0.0519. The summed E-state index contributed by atoms with van der Waals surface area (Å²) in [5.74, 6) is -1.19. The summed E-state index contributed by atoms with van der Waals surface area (Å²) in [7, 11) is 0. The summed E-state index contributed by atoms with van der Waals surface area (Å²) in [5.41, 5.74) is -0.211. The van der Waals surface area contributed by atoms with E-state index in [1.54, 1.807) is 6.92 Å². The first-order valence-electron chi connectivity index (χ1n) is 6.17. The van der Waals surface area contributed by atoms with Crippen LogP contribution in [0.4, 0.5) is 10.3 Å². The van der Waals surface area contributed by atoms with Crippen LogP contribution in [-0.2, 0) is 4.74 Å². The highest BCUT2D eigenvalue weighted by Crippen LogP contribution is 2.16. The van der Waals surface area contributed by atoms with E-state index in [0.717, 1.165) is 25.9 Å². The van der Waals surface area contributed by atoms with Gasteiger partial charge in [0.05, 0.1) is 12.8 Å². The molecule has 0 spiro atoms. The predicted molar refractivity (Wildman–Crippen MR) is 64.0 cm³/mol. The molecule has 1 fully saturated rings. The average molecular weight is 253 g/mol. The molecular formula is C12H16FN3O2. The molecule has 2 heterocycles. The van der Waals surface area contributed by atoms with Crippen LogP contribution in [0.3, 0.4) is 0 Å². The molecule has 5 nitrogen and oxygen atoms in total. The molecule has 1 saturated heterocycles. The van der Waals surface area contributed by atoms with Gasteiger partial charge in [-0.3, -0.25) is 0 Å². The van der Waals surface area contributed by atoms with Gasteiger partial charge in [0.25, 0.3) is 0 Å². The highest BCUT2D eigenvalue weighted by molar-refractivity contribution is 5.89. The van der Waals surface area contributed by atoms with Crippen LogP contribution in [0.1, 0.15) is 36.5 Å². The number of halogens is 1. The fourth-order valence-electron chi connectivity index (χ4n) is 1.94. The van der Waals surface area contributed by atoms with Crippen molar-refractivity contribution in [3.05, 3.63) is 17.7 Å². The minimum Gasteiger partial charge on any atom is -0.462 e. The van der Waals surface area contributed by atoms with Crippen molar-refractivity contribution >= 4 is 11.9 Å². The van der Waals surface area contributed by atoms with E-state index in [0.29, 0.717) is 5.95 Å². The van der Waals surface area contributed by atoms with Gasteiger partial charge in [-0.15, -0.1) is 0 Å². The number of piperidine rings is 1. The molecule has 0 unspecified atom stereocenters. The van der Waals surface area contributed by atoms with Crippen LogP contribution in [-0.4, -0.2) is 35.6 Å². The van der Waals surface area contributed by atoms with Crippen LogP contribution in [0.15, 0.2) is 6.20 Å². The zero-order chi connectivity index (χ0) is 13.0. The Labute approximate surface area is 105 Å². The number of anilines is 1. The lowest BCUT2D eigenvalue weighted by Crippen LogP contribution is -2.31. The monoisotopic (exact) mass is 253 g/mol. The summed E-state index contributed by atoms with van der Waals surface area (Å²) in [4.78, 5) is 21.1. The number of rotatable bonds is 3. The van der Waals surface area contributed by atoms with E-state index >= 15 is 0 Å². The van der Waals surface area contributed by atoms with Crippen molar-refractivity contribution in [3.63, 3.8) is 0 Å². The summed E-state index contributed by atoms with van der Waals surface area (Å²) >= 11 is 0. The van der Waals surface area contributed by atoms with Gasteiger partial charge in [0.2, 0.25) is 11.9 Å². The van der Waals surface area contributed by atoms with E-state index in [9.17, 15) is 9.18 Å². The largest absolute Gasteiger partial charge is 0.462 e. The summed E-state index contributed by atoms with van der Waals surface area (Å²) < 4.78 is 18.4. The van der Waals surface area contributed by atoms with E-state index in [4.69, 9.17) is 4.74 Å². The first-order valence-corrected chi connectivity index (χ1v) is 6.17. The Kier molecular flexibility index (Phi) is 4.07. The van der Waals surface area contributed by atoms with E-state index in [-0.39, 0.29) is 12.2 Å². The summed E-state index contributed by atoms with van der Waals surface area (Å²) in [6.07, 6.45) is 4.50. The number of ether oxygens (including phenoxy) is 1. The van der Waals surface area contributed by atoms with Gasteiger partial charge in [-0.25, -0.2) is 9.78 Å². The van der Waals surface area contributed by atoms with Gasteiger partial charge in [0, 0.05) is 13.1 Å². The molecule has 6 heteroatoms. The summed E-state index contributed by atoms with van der Waals surface area (Å²) in [5, 5.41) is 0. The third kappa shape index (κ3) is 2.75. The number of nitrogens with zero attached hydrogens (tertiary/aromatic N) is 3. The first-order chi connectivity index (χ1) is 8.72. The van der Waals surface area contributed by atoms with E-state index in [2.05, 4.69) is 9.97 Å². The third-order valence-electron chi connectivity index (χ3n) is 2.86. The Morgan fingerprint density at radius 2 is 2.17 bits per heavy atom. The maximum Gasteiger partial charge on any atom is 0.344 e. The van der Waals surface area contributed by atoms with Crippen LogP contribution in [0.2, 0.25) is 0 Å². The fraction of sp³-hybridized carbons (Fsp3) is 0.583. The normalized spacial score (nSPS) is 15.6. The van der Waals surface area contributed by atoms with Crippen molar-refractivity contribution < 1.29 is 13.9 Å². The van der Waals surface area contributed by atoms with Gasteiger partial charge >= 0.3 is 5.97 Å². The highest BCUT2D eigenvalue weighted by Gasteiger charge is 2.19. The molecule has 0 aliphatic carbocycles. The number of carbonyl (C=O) groups excluding carboxylic acids is 1. The van der Waals surface area contributed by atoms with Crippen LogP contribution in [0.5, 0.6) is 0 Å². The molecule has 1 aliphatic rings. The predicted octanol–water partition coefficient (Wildman–Crippen LogP) is 1.78. The number of carbonyl (C=O) groups is 1. The summed E-state index contributed by atoms with van der Waals surface area (Å²) in [6.45, 7) is 3.53. The molecule has 2 rings (SSSR count). The van der Waals surface area contributed by atoms with E-state index < -0.39 is 11.9 Å². The van der Waals surface area contributed by atoms with Crippen LogP contribution < -0.4 is 4.90 Å². The van der Waals surface area contributed by atoms with Gasteiger partial charge in [0.1, 0.15) is 5.56 Å². The Morgan fingerprint density at radius 3 is 2.78 bits per heavy atom. The molecule has 0 amide bonds. The molecule has 0 bridgehead atoms. The molecule has 18 heavy (non-hydrogen) atoms. The number of esters is 1. The van der Waals surface area contributed by atoms with Crippen LogP contribution in [0.25, 0.3) is 0 Å². The van der Waals surface area contributed by atoms with Gasteiger partial charge in [-0.05, 0) is 26.2 Å². The Balaban J connectivity index is 2.16. The molecule has 0 atom stereocenters. The summed E-state index contributed by atoms with van der Waals surface area (Å²) in [6, 6.07) is 0. The van der Waals surface area contributed by atoms with Crippen LogP contribution >= 0.6 is 0 Å². The third-order valence-corrected chi connectivity index (χ3v) is 2.86. The Hall–Kier alpha value is -1.72. The minimum absolute atomic E-state index is 0.201. The number of hydrogen-bond donors (Lipinski definition) is 0. The fourth-order valence-corrected chi connectivity index (χ4v) is 1.94. The van der Waals surface area contributed by atoms with Crippen molar-refractivity contribution in [1.29, 1.82) is 0 Å². The second kappa shape index (κ2) is 5.75. The lowest BCUT2D eigenvalue weighted by Gasteiger charge is -2.26. The Bertz CT molecular complexity index is 433. The zero-order valence-electron chi connectivity index (χ0n) is 10.4. The van der Waals surface area contributed by atoms with Gasteiger partial charge < -0.3 is 9.64 Å². The highest BCUT2D eigenvalue weighted by atomic mass is 19.1. The Morgan fingerprint density at radius 1 is 1.44 bits per heavy atom. The molecule has 0 saturated carbocycles. The molecule has 1 aliphatic heterocycles. The van der Waals surface area contributed by atoms with E-state index in [1.807, 2.05) is 4.90 Å². The SMILES string of the molecule is CCOC(=O)c1cnc(N2CCCCC2)nc1F. The maximum atomic E-state index is 13.7. The van der Waals surface area contributed by atoms with Crippen molar-refractivity contribution in [1.82, 2.24) is 9.97 Å². The molecule has 1 aromatic heterocycles. The van der Waals surface area contributed by atoms with Crippen LogP contribution in [0, 0.1) is 5.95 Å². The molecule has 0 aromatic carbocycles. The minimum atomic E-state index is -0.816. The lowest BCUT2D eigenvalue weighted by atomic mass is 10.1. The molecule has 1 aromatic rings. The molecule has 0 N–H and O–H groups in total. The standard InChI is InChI=1S/C12H16FN3O2/c1-2-18-11(17)9-8-14-12(15-10(9)13)16-6-4-3-5-7-16/h8H,2-7H2,1H3. The van der Waals surface area contributed by atoms with Crippen molar-refractivity contribution in [2.45, 2.75) is 26.2 Å². The molecule has 98 valence electrons. The van der Waals surface area contributed by atoms with Gasteiger partial charge in [-0.2, -0.15) is 9.37 Å². The smallest absolute Gasteiger partial charge is 0.344 e. The quantitative estimate of drug-likeness (QED) is 0.607. The van der Waals surface area contributed by atoms with Crippen molar-refractivity contribution in [2.24, 2.45) is 0 Å². The second-order valence-corrected chi connectivity index (χ2v) is 4.14. The van der Waals surface area contributed by atoms with Crippen molar-refractivity contribution in [2.75, 3.05) is 24.6 Å². The number of aromatic nitrogens is 2. The van der Waals surface area contributed by atoms with E-state index in [1.165, 1.54) is 12.6 Å². The topological polar surface area (TPSA) is 55.3 Å². The second-order valence-electron chi connectivity index (χ2n) is 4.14. The van der Waals surface area contributed by atoms with Gasteiger partial charge in [-0.1, -0.05) is 0 Å². The zero-order valence-corrected chi connectivity index (χ0v) is 10.4. The van der Waals surface area contributed by atoms with Gasteiger partial charge in [0.15, 0.2) is 0 Å². The molecular weight excluding hydrogens is 237 g/mol. The first kappa shape index (κ1) is 12.7. The number of hydrogen-bond acceptors (Lipinski definition) is 5. The average Bonchev–Trinajstić information content (AvgIpc) is 2.40. The maximum absolute atomic E-state index is 13.7. The molecule has 0 radical (unpaired) electrons. The van der Waals surface area contributed by atoms with Crippen molar-refractivity contribution in [3.8, 4) is 0 Å².